The van der Waals surface area contributed by atoms with Crippen LogP contribution in [0.25, 0.3) is 0 Å². The zero-order valence-electron chi connectivity index (χ0n) is 17.3. The van der Waals surface area contributed by atoms with Crippen LogP contribution in [0.4, 0.5) is 4.39 Å². The Morgan fingerprint density at radius 2 is 1.90 bits per heavy atom. The Kier molecular flexibility index (Phi) is 7.06. The van der Waals surface area contributed by atoms with E-state index >= 15 is 0 Å². The molecule has 31 heavy (non-hydrogen) atoms. The highest BCUT2D eigenvalue weighted by molar-refractivity contribution is 7.99. The van der Waals surface area contributed by atoms with Crippen LogP contribution in [0.3, 0.4) is 0 Å². The molecule has 162 valence electrons. The topological polar surface area (TPSA) is 51.9 Å². The molecule has 0 unspecified atom stereocenters. The Labute approximate surface area is 184 Å². The average molecular weight is 442 g/mol. The molecule has 0 atom stereocenters. The van der Waals surface area contributed by atoms with Gasteiger partial charge in [-0.05, 0) is 41.0 Å². The van der Waals surface area contributed by atoms with Gasteiger partial charge in [-0.25, -0.2) is 4.39 Å². The summed E-state index contributed by atoms with van der Waals surface area (Å²) in [5.41, 5.74) is 2.84. The van der Waals surface area contributed by atoms with Crippen molar-refractivity contribution in [2.75, 3.05) is 19.5 Å². The molecule has 0 amide bonds. The van der Waals surface area contributed by atoms with Crippen molar-refractivity contribution in [2.45, 2.75) is 31.1 Å². The quantitative estimate of drug-likeness (QED) is 0.357. The molecular weight excluding hydrogens is 417 g/mol. The van der Waals surface area contributed by atoms with Crippen molar-refractivity contribution in [3.63, 3.8) is 0 Å². The van der Waals surface area contributed by atoms with Crippen LogP contribution in [0.2, 0.25) is 0 Å². The Bertz CT molecular complexity index is 1080. The van der Waals surface area contributed by atoms with E-state index in [9.17, 15) is 9.18 Å². The number of thioether (sulfide) groups is 1. The normalized spacial score (nSPS) is 13.4. The molecule has 0 saturated heterocycles. The maximum absolute atomic E-state index is 13.4. The molecule has 5 nitrogen and oxygen atoms in total. The molecule has 1 aliphatic rings. The number of halogens is 1. The first-order chi connectivity index (χ1) is 15.1. The molecule has 0 aliphatic carbocycles. The van der Waals surface area contributed by atoms with E-state index in [1.54, 1.807) is 24.9 Å². The molecule has 7 heteroatoms. The molecule has 0 saturated carbocycles. The van der Waals surface area contributed by atoms with Gasteiger partial charge in [-0.1, -0.05) is 18.2 Å². The van der Waals surface area contributed by atoms with Crippen molar-refractivity contribution < 1.29 is 18.3 Å². The summed E-state index contributed by atoms with van der Waals surface area (Å²) >= 11 is 1.73. The lowest BCUT2D eigenvalue weighted by atomic mass is 10.1. The van der Waals surface area contributed by atoms with Crippen LogP contribution >= 0.6 is 11.8 Å². The molecule has 4 rings (SSSR count). The molecule has 3 aromatic rings. The molecule has 0 bridgehead atoms. The largest absolute Gasteiger partial charge is 0.482 e. The molecule has 2 heterocycles. The number of fused-ring (bicyclic) bond motifs is 1. The SMILES string of the molecule is COCCSc1ccc(COc2coc(CN3Cc4ccc(F)cc4C3)cc2=O)cc1. The van der Waals surface area contributed by atoms with E-state index in [0.29, 0.717) is 38.6 Å². The summed E-state index contributed by atoms with van der Waals surface area (Å²) in [6, 6.07) is 14.3. The van der Waals surface area contributed by atoms with Crippen molar-refractivity contribution in [1.29, 1.82) is 0 Å². The van der Waals surface area contributed by atoms with Crippen molar-refractivity contribution >= 4 is 11.8 Å². The standard InChI is InChI=1S/C24H24FNO4S/c1-28-8-9-31-22-6-2-17(3-7-22)15-30-24-16-29-21(11-23(24)27)14-26-12-18-4-5-20(25)10-19(18)13-26/h2-7,10-11,16H,8-9,12-15H2,1H3. The van der Waals surface area contributed by atoms with Crippen molar-refractivity contribution in [2.24, 2.45) is 0 Å². The lowest BCUT2D eigenvalue weighted by Gasteiger charge is -2.14. The van der Waals surface area contributed by atoms with Gasteiger partial charge in [0, 0.05) is 36.9 Å². The van der Waals surface area contributed by atoms with Crippen molar-refractivity contribution in [1.82, 2.24) is 4.90 Å². The Hall–Kier alpha value is -2.61. The molecule has 0 fully saturated rings. The Balaban J connectivity index is 1.30. The van der Waals surface area contributed by atoms with Gasteiger partial charge in [0.1, 0.15) is 24.4 Å². The lowest BCUT2D eigenvalue weighted by molar-refractivity contribution is 0.218. The number of hydrogen-bond donors (Lipinski definition) is 0. The first kappa shape index (κ1) is 21.6. The Morgan fingerprint density at radius 1 is 1.10 bits per heavy atom. The monoisotopic (exact) mass is 441 g/mol. The second kappa shape index (κ2) is 10.1. The number of methoxy groups -OCH3 is 1. The van der Waals surface area contributed by atoms with Crippen LogP contribution in [0, 0.1) is 5.82 Å². The van der Waals surface area contributed by atoms with Gasteiger partial charge in [0.2, 0.25) is 11.2 Å². The number of hydrogen-bond acceptors (Lipinski definition) is 6. The van der Waals surface area contributed by atoms with Gasteiger partial charge >= 0.3 is 0 Å². The zero-order valence-corrected chi connectivity index (χ0v) is 18.1. The molecule has 0 radical (unpaired) electrons. The minimum Gasteiger partial charge on any atom is -0.482 e. The highest BCUT2D eigenvalue weighted by Crippen LogP contribution is 2.25. The third kappa shape index (κ3) is 5.76. The average Bonchev–Trinajstić information content (AvgIpc) is 3.15. The predicted octanol–water partition coefficient (Wildman–Crippen LogP) is 4.61. The maximum Gasteiger partial charge on any atom is 0.227 e. The van der Waals surface area contributed by atoms with Gasteiger partial charge < -0.3 is 13.9 Å². The third-order valence-electron chi connectivity index (χ3n) is 5.06. The summed E-state index contributed by atoms with van der Waals surface area (Å²) in [5.74, 6) is 1.42. The highest BCUT2D eigenvalue weighted by atomic mass is 32.2. The summed E-state index contributed by atoms with van der Waals surface area (Å²) < 4.78 is 29.7. The van der Waals surface area contributed by atoms with E-state index in [0.717, 1.165) is 27.3 Å². The van der Waals surface area contributed by atoms with E-state index in [1.165, 1.54) is 18.4 Å². The van der Waals surface area contributed by atoms with Gasteiger partial charge in [-0.2, -0.15) is 0 Å². The van der Waals surface area contributed by atoms with Gasteiger partial charge in [-0.15, -0.1) is 11.8 Å². The fourth-order valence-electron chi connectivity index (χ4n) is 3.48. The number of rotatable bonds is 9. The highest BCUT2D eigenvalue weighted by Gasteiger charge is 2.20. The minimum atomic E-state index is -0.229. The number of benzene rings is 2. The number of nitrogens with zero attached hydrogens (tertiary/aromatic N) is 1. The summed E-state index contributed by atoms with van der Waals surface area (Å²) in [6.07, 6.45) is 1.37. The van der Waals surface area contributed by atoms with Crippen LogP contribution in [0.1, 0.15) is 22.5 Å². The second-order valence-electron chi connectivity index (χ2n) is 7.41. The minimum absolute atomic E-state index is 0.189. The van der Waals surface area contributed by atoms with E-state index in [2.05, 4.69) is 4.90 Å². The summed E-state index contributed by atoms with van der Waals surface area (Å²) in [7, 11) is 1.69. The fraction of sp³-hybridized carbons (Fsp3) is 0.292. The van der Waals surface area contributed by atoms with Gasteiger partial charge in [0.05, 0.1) is 13.2 Å². The van der Waals surface area contributed by atoms with Crippen LogP contribution in [-0.2, 0) is 31.0 Å². The van der Waals surface area contributed by atoms with E-state index < -0.39 is 0 Å². The van der Waals surface area contributed by atoms with Gasteiger partial charge in [-0.3, -0.25) is 9.69 Å². The molecule has 1 aromatic heterocycles. The number of ether oxygens (including phenoxy) is 2. The molecule has 0 spiro atoms. The molecule has 1 aliphatic heterocycles. The van der Waals surface area contributed by atoms with Gasteiger partial charge in [0.25, 0.3) is 0 Å². The second-order valence-corrected chi connectivity index (χ2v) is 8.58. The fourth-order valence-corrected chi connectivity index (χ4v) is 4.29. The summed E-state index contributed by atoms with van der Waals surface area (Å²) in [4.78, 5) is 15.7. The van der Waals surface area contributed by atoms with Crippen molar-refractivity contribution in [3.8, 4) is 5.75 Å². The third-order valence-corrected chi connectivity index (χ3v) is 6.04. The van der Waals surface area contributed by atoms with Crippen LogP contribution < -0.4 is 10.2 Å². The van der Waals surface area contributed by atoms with Crippen LogP contribution in [0.5, 0.6) is 5.75 Å². The molecule has 2 aromatic carbocycles. The van der Waals surface area contributed by atoms with Crippen LogP contribution in [-0.4, -0.2) is 24.4 Å². The van der Waals surface area contributed by atoms with E-state index in [4.69, 9.17) is 13.9 Å². The van der Waals surface area contributed by atoms with Gasteiger partial charge in [0.15, 0.2) is 0 Å². The molecule has 0 N–H and O–H groups in total. The van der Waals surface area contributed by atoms with E-state index in [1.807, 2.05) is 30.3 Å². The summed E-state index contributed by atoms with van der Waals surface area (Å²) in [5, 5.41) is 0. The smallest absolute Gasteiger partial charge is 0.227 e. The predicted molar refractivity (Wildman–Crippen MR) is 118 cm³/mol. The lowest BCUT2D eigenvalue weighted by Crippen LogP contribution is -2.17. The zero-order chi connectivity index (χ0) is 21.6. The van der Waals surface area contributed by atoms with Crippen LogP contribution in [0.15, 0.2) is 68.9 Å². The van der Waals surface area contributed by atoms with Crippen molar-refractivity contribution in [3.05, 3.63) is 93.3 Å². The molecular formula is C24H24FNO4S. The Morgan fingerprint density at radius 3 is 2.68 bits per heavy atom. The summed E-state index contributed by atoms with van der Waals surface area (Å²) in [6.45, 7) is 2.82. The van der Waals surface area contributed by atoms with E-state index in [-0.39, 0.29) is 17.0 Å². The maximum atomic E-state index is 13.4. The first-order valence-corrected chi connectivity index (χ1v) is 11.0. The first-order valence-electron chi connectivity index (χ1n) is 10.1.